The number of Topliss-reactive ketones (excluding diaryl/α,β-unsaturated/α-hetero) is 1. The van der Waals surface area contributed by atoms with Crippen molar-refractivity contribution in [1.29, 1.82) is 0 Å². The summed E-state index contributed by atoms with van der Waals surface area (Å²) in [5.41, 5.74) is 2.54. The van der Waals surface area contributed by atoms with Crippen molar-refractivity contribution in [2.45, 2.75) is 40.3 Å². The molecule has 0 aliphatic heterocycles. The van der Waals surface area contributed by atoms with Crippen LogP contribution in [0.2, 0.25) is 0 Å². The molecule has 0 saturated heterocycles. The van der Waals surface area contributed by atoms with Gasteiger partial charge < -0.3 is 4.57 Å². The maximum atomic E-state index is 13.3. The van der Waals surface area contributed by atoms with Crippen LogP contribution in [0, 0.1) is 13.8 Å². The molecule has 0 amide bonds. The summed E-state index contributed by atoms with van der Waals surface area (Å²) in [6, 6.07) is 9.14. The summed E-state index contributed by atoms with van der Waals surface area (Å²) in [4.78, 5) is 42.6. The first-order valence-corrected chi connectivity index (χ1v) is 9.47. The van der Waals surface area contributed by atoms with E-state index in [4.69, 9.17) is 0 Å². The second kappa shape index (κ2) is 6.58. The maximum absolute atomic E-state index is 13.3. The number of hydrogen-bond donors (Lipinski definition) is 0. The summed E-state index contributed by atoms with van der Waals surface area (Å²) in [6.07, 6.45) is 0. The summed E-state index contributed by atoms with van der Waals surface area (Å²) in [5, 5.41) is 0. The third-order valence-electron chi connectivity index (χ3n) is 5.74. The van der Waals surface area contributed by atoms with Gasteiger partial charge in [0.25, 0.3) is 5.56 Å². The van der Waals surface area contributed by atoms with Gasteiger partial charge in [0.2, 0.25) is 5.78 Å². The number of rotatable bonds is 4. The standard InChI is InChI=1S/C21H23N5O3/c1-12-13(2)25-17-18(22-20(25)24(12)11-16-9-7-6-8-10-16)23(5)21(29)26(19(17)28)14(3)15(4)27/h6-10,14H,11H2,1-5H3. The number of fused-ring (bicyclic) bond motifs is 3. The zero-order valence-corrected chi connectivity index (χ0v) is 17.1. The first-order valence-electron chi connectivity index (χ1n) is 9.47. The smallest absolute Gasteiger partial charge is 0.309 e. The van der Waals surface area contributed by atoms with Crippen molar-refractivity contribution in [2.75, 3.05) is 0 Å². The van der Waals surface area contributed by atoms with E-state index in [2.05, 4.69) is 4.98 Å². The molecule has 8 heteroatoms. The highest BCUT2D eigenvalue weighted by Crippen LogP contribution is 2.22. The molecule has 29 heavy (non-hydrogen) atoms. The number of benzene rings is 1. The van der Waals surface area contributed by atoms with Gasteiger partial charge in [-0.05, 0) is 33.3 Å². The predicted octanol–water partition coefficient (Wildman–Crippen LogP) is 1.96. The molecule has 4 aromatic rings. The van der Waals surface area contributed by atoms with Crippen LogP contribution in [0.4, 0.5) is 0 Å². The lowest BCUT2D eigenvalue weighted by Gasteiger charge is -2.12. The molecule has 1 aromatic carbocycles. The first-order chi connectivity index (χ1) is 13.7. The molecule has 1 atom stereocenters. The van der Waals surface area contributed by atoms with Crippen LogP contribution in [0.3, 0.4) is 0 Å². The zero-order chi connectivity index (χ0) is 21.0. The highest BCUT2D eigenvalue weighted by molar-refractivity contribution is 5.81. The number of imidazole rings is 2. The van der Waals surface area contributed by atoms with Crippen LogP contribution in [0.1, 0.15) is 36.8 Å². The number of carbonyl (C=O) groups excluding carboxylic acids is 1. The lowest BCUT2D eigenvalue weighted by Crippen LogP contribution is -2.42. The fourth-order valence-electron chi connectivity index (χ4n) is 3.76. The van der Waals surface area contributed by atoms with Crippen molar-refractivity contribution >= 4 is 22.7 Å². The lowest BCUT2D eigenvalue weighted by molar-refractivity contribution is -0.119. The van der Waals surface area contributed by atoms with E-state index < -0.39 is 17.3 Å². The van der Waals surface area contributed by atoms with Crippen LogP contribution in [-0.4, -0.2) is 28.9 Å². The largest absolute Gasteiger partial charge is 0.333 e. The molecule has 0 fully saturated rings. The number of ketones is 1. The van der Waals surface area contributed by atoms with Gasteiger partial charge in [0, 0.05) is 18.4 Å². The molecule has 0 N–H and O–H groups in total. The Labute approximate surface area is 166 Å². The Hall–Kier alpha value is -3.42. The minimum atomic E-state index is -0.844. The molecule has 0 radical (unpaired) electrons. The molecule has 0 aliphatic carbocycles. The molecule has 3 heterocycles. The molecular weight excluding hydrogens is 370 g/mol. The SMILES string of the molecule is CC(=O)C(C)n1c(=O)c2c(nc3n(Cc4ccccc4)c(C)c(C)n23)n(C)c1=O. The van der Waals surface area contributed by atoms with E-state index in [0.29, 0.717) is 23.5 Å². The second-order valence-corrected chi connectivity index (χ2v) is 7.47. The minimum absolute atomic E-state index is 0.251. The average molecular weight is 393 g/mol. The van der Waals surface area contributed by atoms with Crippen LogP contribution < -0.4 is 11.2 Å². The van der Waals surface area contributed by atoms with Gasteiger partial charge >= 0.3 is 5.69 Å². The van der Waals surface area contributed by atoms with Gasteiger partial charge in [-0.3, -0.25) is 18.6 Å². The van der Waals surface area contributed by atoms with Gasteiger partial charge in [0.05, 0.1) is 12.6 Å². The normalized spacial score (nSPS) is 12.7. The van der Waals surface area contributed by atoms with Crippen molar-refractivity contribution in [3.63, 3.8) is 0 Å². The number of aromatic nitrogens is 5. The van der Waals surface area contributed by atoms with Crippen molar-refractivity contribution in [3.8, 4) is 0 Å². The van der Waals surface area contributed by atoms with Crippen molar-refractivity contribution in [3.05, 3.63) is 68.1 Å². The Morgan fingerprint density at radius 1 is 1.10 bits per heavy atom. The molecule has 1 unspecified atom stereocenters. The lowest BCUT2D eigenvalue weighted by atomic mass is 10.2. The van der Waals surface area contributed by atoms with Crippen molar-refractivity contribution in [2.24, 2.45) is 7.05 Å². The third kappa shape index (κ3) is 2.66. The van der Waals surface area contributed by atoms with Crippen molar-refractivity contribution in [1.82, 2.24) is 23.1 Å². The summed E-state index contributed by atoms with van der Waals surface area (Å²) in [7, 11) is 1.57. The molecule has 0 spiro atoms. The Balaban J connectivity index is 2.10. The average Bonchev–Trinajstić information content (AvgIpc) is 3.19. The summed E-state index contributed by atoms with van der Waals surface area (Å²) in [5.74, 6) is 0.345. The third-order valence-corrected chi connectivity index (χ3v) is 5.74. The van der Waals surface area contributed by atoms with Gasteiger partial charge in [-0.15, -0.1) is 0 Å². The van der Waals surface area contributed by atoms with Crippen LogP contribution in [0.15, 0.2) is 39.9 Å². The molecule has 0 aliphatic rings. The molecule has 3 aromatic heterocycles. The fourth-order valence-corrected chi connectivity index (χ4v) is 3.76. The summed E-state index contributed by atoms with van der Waals surface area (Å²) >= 11 is 0. The number of nitrogens with zero attached hydrogens (tertiary/aromatic N) is 5. The topological polar surface area (TPSA) is 83.3 Å². The van der Waals surface area contributed by atoms with Gasteiger partial charge in [0.15, 0.2) is 16.9 Å². The van der Waals surface area contributed by atoms with Crippen LogP contribution in [-0.2, 0) is 18.4 Å². The Morgan fingerprint density at radius 2 is 1.76 bits per heavy atom. The van der Waals surface area contributed by atoms with Gasteiger partial charge in [-0.25, -0.2) is 9.36 Å². The number of aryl methyl sites for hydroxylation is 2. The number of hydrogen-bond acceptors (Lipinski definition) is 4. The van der Waals surface area contributed by atoms with Crippen LogP contribution >= 0.6 is 0 Å². The van der Waals surface area contributed by atoms with E-state index in [9.17, 15) is 14.4 Å². The second-order valence-electron chi connectivity index (χ2n) is 7.47. The first kappa shape index (κ1) is 18.9. The zero-order valence-electron chi connectivity index (χ0n) is 17.1. The Kier molecular flexibility index (Phi) is 4.29. The minimum Gasteiger partial charge on any atom is -0.309 e. The summed E-state index contributed by atoms with van der Waals surface area (Å²) < 4.78 is 6.18. The van der Waals surface area contributed by atoms with Gasteiger partial charge in [-0.1, -0.05) is 30.3 Å². The van der Waals surface area contributed by atoms with E-state index in [-0.39, 0.29) is 5.78 Å². The van der Waals surface area contributed by atoms with Crippen LogP contribution in [0.5, 0.6) is 0 Å². The Bertz CT molecular complexity index is 1390. The highest BCUT2D eigenvalue weighted by Gasteiger charge is 2.25. The Morgan fingerprint density at radius 3 is 2.38 bits per heavy atom. The number of carbonyl (C=O) groups is 1. The van der Waals surface area contributed by atoms with E-state index in [1.54, 1.807) is 18.4 Å². The molecular formula is C21H23N5O3. The highest BCUT2D eigenvalue weighted by atomic mass is 16.2. The van der Waals surface area contributed by atoms with E-state index in [1.807, 2.05) is 48.7 Å². The molecule has 150 valence electrons. The quantitative estimate of drug-likeness (QED) is 0.531. The van der Waals surface area contributed by atoms with Crippen LogP contribution in [0.25, 0.3) is 16.9 Å². The van der Waals surface area contributed by atoms with Gasteiger partial charge in [-0.2, -0.15) is 4.98 Å². The van der Waals surface area contributed by atoms with E-state index in [0.717, 1.165) is 21.5 Å². The molecule has 8 nitrogen and oxygen atoms in total. The van der Waals surface area contributed by atoms with E-state index in [1.165, 1.54) is 11.5 Å². The van der Waals surface area contributed by atoms with E-state index >= 15 is 0 Å². The summed E-state index contributed by atoms with van der Waals surface area (Å²) in [6.45, 7) is 7.44. The molecule has 4 rings (SSSR count). The molecule has 0 saturated carbocycles. The maximum Gasteiger partial charge on any atom is 0.333 e. The fraction of sp³-hybridized carbons (Fsp3) is 0.333. The monoisotopic (exact) mass is 393 g/mol. The van der Waals surface area contributed by atoms with Gasteiger partial charge in [0.1, 0.15) is 0 Å². The molecule has 0 bridgehead atoms. The van der Waals surface area contributed by atoms with Crippen molar-refractivity contribution < 1.29 is 4.79 Å². The predicted molar refractivity (Wildman–Crippen MR) is 111 cm³/mol.